The maximum Gasteiger partial charge on any atom is 0.168 e. The Morgan fingerprint density at radius 1 is 1.05 bits per heavy atom. The van der Waals surface area contributed by atoms with Crippen molar-refractivity contribution in [1.29, 1.82) is 5.26 Å². The lowest BCUT2D eigenvalue weighted by atomic mass is 9.79. The van der Waals surface area contributed by atoms with E-state index in [1.807, 2.05) is 0 Å². The van der Waals surface area contributed by atoms with Gasteiger partial charge in [0, 0.05) is 18.5 Å². The summed E-state index contributed by atoms with van der Waals surface area (Å²) in [6.07, 6.45) is 2.71. The van der Waals surface area contributed by atoms with E-state index in [2.05, 4.69) is 11.4 Å². The summed E-state index contributed by atoms with van der Waals surface area (Å²) in [6, 6.07) is 8.46. The van der Waals surface area contributed by atoms with Crippen molar-refractivity contribution in [1.82, 2.24) is 0 Å². The van der Waals surface area contributed by atoms with Gasteiger partial charge in [-0.25, -0.2) is 4.39 Å². The Morgan fingerprint density at radius 2 is 1.65 bits per heavy atom. The molecule has 1 N–H and O–H groups in total. The molecule has 1 heterocycles. The molecule has 1 saturated carbocycles. The molecule has 1 aromatic carbocycles. The zero-order chi connectivity index (χ0) is 14.1. The van der Waals surface area contributed by atoms with E-state index in [0.717, 1.165) is 5.69 Å². The van der Waals surface area contributed by atoms with Crippen molar-refractivity contribution in [3.05, 3.63) is 30.1 Å². The van der Waals surface area contributed by atoms with Gasteiger partial charge in [0.05, 0.1) is 19.3 Å². The van der Waals surface area contributed by atoms with E-state index in [-0.39, 0.29) is 5.82 Å². The van der Waals surface area contributed by atoms with E-state index >= 15 is 0 Å². The largest absolute Gasteiger partial charge is 0.367 e. The van der Waals surface area contributed by atoms with Crippen molar-refractivity contribution in [3.8, 4) is 6.07 Å². The number of hydrogen-bond donors (Lipinski definition) is 1. The van der Waals surface area contributed by atoms with Crippen LogP contribution in [0.25, 0.3) is 0 Å². The lowest BCUT2D eigenvalue weighted by Gasteiger charge is -2.40. The molecule has 5 heteroatoms. The second kappa shape index (κ2) is 5.04. The Labute approximate surface area is 117 Å². The smallest absolute Gasteiger partial charge is 0.168 e. The van der Waals surface area contributed by atoms with E-state index < -0.39 is 11.3 Å². The summed E-state index contributed by atoms with van der Waals surface area (Å²) in [4.78, 5) is 0. The summed E-state index contributed by atoms with van der Waals surface area (Å²) in [5.74, 6) is -0.762. The summed E-state index contributed by atoms with van der Waals surface area (Å²) in [5, 5.41) is 12.8. The molecule has 4 nitrogen and oxygen atoms in total. The van der Waals surface area contributed by atoms with E-state index in [1.165, 1.54) is 12.1 Å². The first kappa shape index (κ1) is 13.3. The Morgan fingerprint density at radius 3 is 2.20 bits per heavy atom. The van der Waals surface area contributed by atoms with Crippen LogP contribution in [0, 0.1) is 17.1 Å². The summed E-state index contributed by atoms with van der Waals surface area (Å²) < 4.78 is 24.3. The van der Waals surface area contributed by atoms with Gasteiger partial charge in [-0.05, 0) is 37.1 Å². The predicted molar refractivity (Wildman–Crippen MR) is 71.5 cm³/mol. The standard InChI is InChI=1S/C15H17FN2O2/c16-12-1-3-13(4-2-12)18-14(11-17)5-7-15(8-6-14)19-9-10-20-15/h1-4,18H,5-10H2. The number of nitriles is 1. The highest BCUT2D eigenvalue weighted by Crippen LogP contribution is 2.41. The van der Waals surface area contributed by atoms with Gasteiger partial charge in [-0.15, -0.1) is 0 Å². The van der Waals surface area contributed by atoms with E-state index in [0.29, 0.717) is 38.9 Å². The highest BCUT2D eigenvalue weighted by molar-refractivity contribution is 5.48. The molecule has 20 heavy (non-hydrogen) atoms. The first-order valence-electron chi connectivity index (χ1n) is 6.88. The van der Waals surface area contributed by atoms with Crippen LogP contribution >= 0.6 is 0 Å². The molecular formula is C15H17FN2O2. The topological polar surface area (TPSA) is 54.3 Å². The third-order valence-corrected chi connectivity index (χ3v) is 4.12. The number of ether oxygens (including phenoxy) is 2. The van der Waals surface area contributed by atoms with Crippen molar-refractivity contribution in [2.45, 2.75) is 37.0 Å². The maximum atomic E-state index is 12.9. The highest BCUT2D eigenvalue weighted by Gasteiger charge is 2.46. The second-order valence-electron chi connectivity index (χ2n) is 5.43. The summed E-state index contributed by atoms with van der Waals surface area (Å²) in [6.45, 7) is 1.26. The van der Waals surface area contributed by atoms with Crippen molar-refractivity contribution in [2.24, 2.45) is 0 Å². The molecule has 0 unspecified atom stereocenters. The average Bonchev–Trinajstić information content (AvgIpc) is 2.93. The number of halogens is 1. The lowest BCUT2D eigenvalue weighted by molar-refractivity contribution is -0.180. The Bertz CT molecular complexity index is 508. The fraction of sp³-hybridized carbons (Fsp3) is 0.533. The Balaban J connectivity index is 1.70. The zero-order valence-electron chi connectivity index (χ0n) is 11.2. The van der Waals surface area contributed by atoms with Crippen molar-refractivity contribution < 1.29 is 13.9 Å². The van der Waals surface area contributed by atoms with E-state index in [1.54, 1.807) is 12.1 Å². The van der Waals surface area contributed by atoms with Crippen LogP contribution < -0.4 is 5.32 Å². The number of nitrogens with zero attached hydrogens (tertiary/aromatic N) is 1. The van der Waals surface area contributed by atoms with E-state index in [4.69, 9.17) is 9.47 Å². The zero-order valence-corrected chi connectivity index (χ0v) is 11.2. The van der Waals surface area contributed by atoms with Gasteiger partial charge in [-0.3, -0.25) is 0 Å². The number of anilines is 1. The molecule has 1 aliphatic carbocycles. The summed E-state index contributed by atoms with van der Waals surface area (Å²) in [5.41, 5.74) is 0.135. The monoisotopic (exact) mass is 276 g/mol. The molecule has 0 aromatic heterocycles. The number of rotatable bonds is 2. The van der Waals surface area contributed by atoms with E-state index in [9.17, 15) is 9.65 Å². The Hall–Kier alpha value is -1.64. The van der Waals surface area contributed by atoms with Crippen LogP contribution in [0.3, 0.4) is 0 Å². The number of nitrogens with one attached hydrogen (secondary N) is 1. The quantitative estimate of drug-likeness (QED) is 0.902. The lowest BCUT2D eigenvalue weighted by Crippen LogP contribution is -2.47. The first-order valence-corrected chi connectivity index (χ1v) is 6.88. The fourth-order valence-electron chi connectivity index (χ4n) is 2.92. The average molecular weight is 276 g/mol. The van der Waals surface area contributed by atoms with Crippen molar-refractivity contribution >= 4 is 5.69 Å². The van der Waals surface area contributed by atoms with Gasteiger partial charge in [-0.2, -0.15) is 5.26 Å². The molecular weight excluding hydrogens is 259 g/mol. The third-order valence-electron chi connectivity index (χ3n) is 4.12. The minimum absolute atomic E-state index is 0.281. The molecule has 0 atom stereocenters. The van der Waals surface area contributed by atoms with Gasteiger partial charge in [0.2, 0.25) is 0 Å². The van der Waals surface area contributed by atoms with Crippen molar-refractivity contribution in [3.63, 3.8) is 0 Å². The predicted octanol–water partition coefficient (Wildman–Crippen LogP) is 2.82. The second-order valence-corrected chi connectivity index (χ2v) is 5.43. The summed E-state index contributed by atoms with van der Waals surface area (Å²) >= 11 is 0. The van der Waals surface area contributed by atoms with Gasteiger partial charge in [-0.1, -0.05) is 0 Å². The molecule has 3 rings (SSSR count). The van der Waals surface area contributed by atoms with Crippen LogP contribution in [-0.4, -0.2) is 24.5 Å². The number of benzene rings is 1. The molecule has 0 amide bonds. The van der Waals surface area contributed by atoms with Gasteiger partial charge < -0.3 is 14.8 Å². The molecule has 1 saturated heterocycles. The van der Waals surface area contributed by atoms with Crippen LogP contribution in [0.1, 0.15) is 25.7 Å². The maximum absolute atomic E-state index is 12.9. The van der Waals surface area contributed by atoms with Gasteiger partial charge >= 0.3 is 0 Å². The summed E-state index contributed by atoms with van der Waals surface area (Å²) in [7, 11) is 0. The van der Waals surface area contributed by atoms with Gasteiger partial charge in [0.25, 0.3) is 0 Å². The van der Waals surface area contributed by atoms with Crippen LogP contribution in [0.5, 0.6) is 0 Å². The van der Waals surface area contributed by atoms with Crippen LogP contribution in [0.4, 0.5) is 10.1 Å². The molecule has 0 radical (unpaired) electrons. The normalized spacial score (nSPS) is 23.4. The highest BCUT2D eigenvalue weighted by atomic mass is 19.1. The minimum atomic E-state index is -0.627. The molecule has 1 aliphatic heterocycles. The van der Waals surface area contributed by atoms with Crippen LogP contribution in [-0.2, 0) is 9.47 Å². The fourth-order valence-corrected chi connectivity index (χ4v) is 2.92. The number of hydrogen-bond acceptors (Lipinski definition) is 4. The third kappa shape index (κ3) is 2.49. The van der Waals surface area contributed by atoms with Crippen LogP contribution in [0.2, 0.25) is 0 Å². The molecule has 0 bridgehead atoms. The van der Waals surface area contributed by atoms with Crippen LogP contribution in [0.15, 0.2) is 24.3 Å². The molecule has 1 spiro atoms. The molecule has 106 valence electrons. The molecule has 1 aromatic rings. The van der Waals surface area contributed by atoms with Crippen molar-refractivity contribution in [2.75, 3.05) is 18.5 Å². The van der Waals surface area contributed by atoms with Gasteiger partial charge in [0.1, 0.15) is 11.4 Å². The molecule has 2 fully saturated rings. The molecule has 2 aliphatic rings. The Kier molecular flexibility index (Phi) is 3.36. The minimum Gasteiger partial charge on any atom is -0.367 e. The SMILES string of the molecule is N#CC1(Nc2ccc(F)cc2)CCC2(CC1)OCCO2. The van der Waals surface area contributed by atoms with Gasteiger partial charge in [0.15, 0.2) is 5.79 Å². The first-order chi connectivity index (χ1) is 9.65.